The van der Waals surface area contributed by atoms with Crippen molar-refractivity contribution in [3.8, 4) is 5.75 Å². The van der Waals surface area contributed by atoms with E-state index < -0.39 is 0 Å². The molecule has 1 aliphatic carbocycles. The maximum atomic E-state index is 6.38. The van der Waals surface area contributed by atoms with Gasteiger partial charge < -0.3 is 15.4 Å². The zero-order valence-corrected chi connectivity index (χ0v) is 12.3. The third-order valence-electron chi connectivity index (χ3n) is 4.29. The molecular weight excluding hydrogens is 236 g/mol. The molecule has 0 amide bonds. The smallest absolute Gasteiger partial charge is 0.123 e. The summed E-state index contributed by atoms with van der Waals surface area (Å²) in [4.78, 5) is 2.29. The van der Waals surface area contributed by atoms with Gasteiger partial charge in [0.05, 0.1) is 7.11 Å². The zero-order valence-electron chi connectivity index (χ0n) is 12.3. The Kier molecular flexibility index (Phi) is 4.83. The zero-order chi connectivity index (χ0) is 13.8. The highest BCUT2D eigenvalue weighted by atomic mass is 16.5. The fraction of sp³-hybridized carbons (Fsp3) is 0.625. The summed E-state index contributed by atoms with van der Waals surface area (Å²) in [5.41, 5.74) is 7.64. The van der Waals surface area contributed by atoms with Gasteiger partial charge in [-0.1, -0.05) is 31.0 Å². The Labute approximate surface area is 116 Å². The normalized spacial score (nSPS) is 25.3. The van der Waals surface area contributed by atoms with Crippen molar-refractivity contribution in [2.75, 3.05) is 21.2 Å². The van der Waals surface area contributed by atoms with Crippen LogP contribution in [0.2, 0.25) is 0 Å². The van der Waals surface area contributed by atoms with Crippen molar-refractivity contribution in [3.63, 3.8) is 0 Å². The Balaban J connectivity index is 2.33. The molecular formula is C16H26N2O. The van der Waals surface area contributed by atoms with Crippen LogP contribution in [0.3, 0.4) is 0 Å². The van der Waals surface area contributed by atoms with E-state index in [0.717, 1.165) is 12.2 Å². The Morgan fingerprint density at radius 1 is 1.21 bits per heavy atom. The maximum absolute atomic E-state index is 6.38. The van der Waals surface area contributed by atoms with Crippen LogP contribution < -0.4 is 10.5 Å². The topological polar surface area (TPSA) is 38.5 Å². The number of hydrogen-bond acceptors (Lipinski definition) is 3. The molecule has 0 radical (unpaired) electrons. The first kappa shape index (κ1) is 14.4. The minimum atomic E-state index is 0.297. The molecule has 1 fully saturated rings. The van der Waals surface area contributed by atoms with Gasteiger partial charge >= 0.3 is 0 Å². The van der Waals surface area contributed by atoms with Crippen LogP contribution in [0.4, 0.5) is 0 Å². The summed E-state index contributed by atoms with van der Waals surface area (Å²) in [6.07, 6.45) is 4.91. The van der Waals surface area contributed by atoms with Crippen molar-refractivity contribution in [1.82, 2.24) is 4.90 Å². The van der Waals surface area contributed by atoms with Gasteiger partial charge in [-0.3, -0.25) is 0 Å². The Hall–Kier alpha value is -1.06. The lowest BCUT2D eigenvalue weighted by Gasteiger charge is -2.39. The van der Waals surface area contributed by atoms with Gasteiger partial charge in [-0.25, -0.2) is 0 Å². The molecule has 3 unspecified atom stereocenters. The number of rotatable bonds is 4. The minimum Gasteiger partial charge on any atom is -0.496 e. The monoisotopic (exact) mass is 262 g/mol. The summed E-state index contributed by atoms with van der Waals surface area (Å²) in [6, 6.07) is 8.96. The molecule has 106 valence electrons. The van der Waals surface area contributed by atoms with Crippen molar-refractivity contribution >= 4 is 0 Å². The molecule has 3 heteroatoms. The number of benzene rings is 1. The Morgan fingerprint density at radius 3 is 2.53 bits per heavy atom. The van der Waals surface area contributed by atoms with Crippen LogP contribution in [0.5, 0.6) is 5.75 Å². The molecule has 1 saturated carbocycles. The molecule has 0 spiro atoms. The fourth-order valence-corrected chi connectivity index (χ4v) is 3.38. The molecule has 0 heterocycles. The molecule has 1 aromatic rings. The van der Waals surface area contributed by atoms with E-state index in [4.69, 9.17) is 10.5 Å². The van der Waals surface area contributed by atoms with E-state index in [9.17, 15) is 0 Å². The molecule has 0 aromatic heterocycles. The second kappa shape index (κ2) is 6.40. The standard InChI is InChI=1S/C16H26N2O/c1-18(2)16(12-8-4-6-10-14(12)17)13-9-5-7-11-15(13)19-3/h5,7,9,11-12,14,16H,4,6,8,10,17H2,1-3H3. The van der Waals surface area contributed by atoms with Gasteiger partial charge in [0.25, 0.3) is 0 Å². The summed E-state index contributed by atoms with van der Waals surface area (Å²) >= 11 is 0. The predicted octanol–water partition coefficient (Wildman–Crippen LogP) is 2.82. The predicted molar refractivity (Wildman–Crippen MR) is 79.4 cm³/mol. The molecule has 2 rings (SSSR count). The molecule has 0 aliphatic heterocycles. The van der Waals surface area contributed by atoms with Gasteiger partial charge in [-0.15, -0.1) is 0 Å². The number of nitrogens with zero attached hydrogens (tertiary/aromatic N) is 1. The van der Waals surface area contributed by atoms with E-state index >= 15 is 0 Å². The first-order chi connectivity index (χ1) is 9.15. The first-order valence-electron chi connectivity index (χ1n) is 7.20. The average Bonchev–Trinajstić information content (AvgIpc) is 2.41. The van der Waals surface area contributed by atoms with E-state index in [1.54, 1.807) is 7.11 Å². The SMILES string of the molecule is COc1ccccc1C(C1CCCCC1N)N(C)C. The highest BCUT2D eigenvalue weighted by Gasteiger charge is 2.33. The van der Waals surface area contributed by atoms with Gasteiger partial charge in [0.1, 0.15) is 5.75 Å². The van der Waals surface area contributed by atoms with Crippen LogP contribution in [0.15, 0.2) is 24.3 Å². The van der Waals surface area contributed by atoms with Crippen molar-refractivity contribution in [3.05, 3.63) is 29.8 Å². The Bertz CT molecular complexity index is 405. The second-order valence-corrected chi connectivity index (χ2v) is 5.76. The second-order valence-electron chi connectivity index (χ2n) is 5.76. The molecule has 1 aromatic carbocycles. The van der Waals surface area contributed by atoms with Crippen LogP contribution in [0.25, 0.3) is 0 Å². The highest BCUT2D eigenvalue weighted by Crippen LogP contribution is 2.39. The first-order valence-corrected chi connectivity index (χ1v) is 7.20. The Morgan fingerprint density at radius 2 is 1.89 bits per heavy atom. The highest BCUT2D eigenvalue weighted by molar-refractivity contribution is 5.36. The number of hydrogen-bond donors (Lipinski definition) is 1. The van der Waals surface area contributed by atoms with Crippen LogP contribution in [0, 0.1) is 5.92 Å². The molecule has 2 N–H and O–H groups in total. The lowest BCUT2D eigenvalue weighted by atomic mass is 9.77. The van der Waals surface area contributed by atoms with E-state index in [0.29, 0.717) is 18.0 Å². The van der Waals surface area contributed by atoms with Gasteiger partial charge in [0.15, 0.2) is 0 Å². The molecule has 0 saturated heterocycles. The molecule has 0 bridgehead atoms. The molecule has 3 atom stereocenters. The third kappa shape index (κ3) is 3.10. The van der Waals surface area contributed by atoms with Crippen LogP contribution in [0.1, 0.15) is 37.3 Å². The van der Waals surface area contributed by atoms with E-state index in [2.05, 4.69) is 31.1 Å². The van der Waals surface area contributed by atoms with Gasteiger partial charge in [-0.05, 0) is 38.9 Å². The minimum absolute atomic E-state index is 0.297. The number of nitrogens with two attached hydrogens (primary N) is 1. The summed E-state index contributed by atoms with van der Waals surface area (Å²) in [5.74, 6) is 1.49. The van der Waals surface area contributed by atoms with Crippen molar-refractivity contribution in [1.29, 1.82) is 0 Å². The van der Waals surface area contributed by atoms with Gasteiger partial charge in [0, 0.05) is 17.6 Å². The number of methoxy groups -OCH3 is 1. The van der Waals surface area contributed by atoms with E-state index in [-0.39, 0.29) is 0 Å². The molecule has 19 heavy (non-hydrogen) atoms. The lowest BCUT2D eigenvalue weighted by molar-refractivity contribution is 0.148. The average molecular weight is 262 g/mol. The van der Waals surface area contributed by atoms with Crippen LogP contribution in [-0.2, 0) is 0 Å². The quantitative estimate of drug-likeness (QED) is 0.907. The summed E-state index contributed by atoms with van der Waals surface area (Å²) in [6.45, 7) is 0. The summed E-state index contributed by atoms with van der Waals surface area (Å²) < 4.78 is 5.54. The van der Waals surface area contributed by atoms with E-state index in [1.165, 1.54) is 24.8 Å². The van der Waals surface area contributed by atoms with Crippen molar-refractivity contribution in [2.45, 2.75) is 37.8 Å². The lowest BCUT2D eigenvalue weighted by Crippen LogP contribution is -2.41. The van der Waals surface area contributed by atoms with Crippen molar-refractivity contribution in [2.24, 2.45) is 11.7 Å². The van der Waals surface area contributed by atoms with E-state index in [1.807, 2.05) is 12.1 Å². The van der Waals surface area contributed by atoms with Gasteiger partial charge in [-0.2, -0.15) is 0 Å². The largest absolute Gasteiger partial charge is 0.496 e. The summed E-state index contributed by atoms with van der Waals surface area (Å²) in [7, 11) is 6.02. The number of ether oxygens (including phenoxy) is 1. The molecule has 1 aliphatic rings. The third-order valence-corrected chi connectivity index (χ3v) is 4.29. The molecule has 3 nitrogen and oxygen atoms in total. The number of para-hydroxylation sites is 1. The van der Waals surface area contributed by atoms with Gasteiger partial charge in [0.2, 0.25) is 0 Å². The van der Waals surface area contributed by atoms with Crippen LogP contribution in [-0.4, -0.2) is 32.1 Å². The fourth-order valence-electron chi connectivity index (χ4n) is 3.38. The summed E-state index contributed by atoms with van der Waals surface area (Å²) in [5, 5.41) is 0. The van der Waals surface area contributed by atoms with Crippen molar-refractivity contribution < 1.29 is 4.74 Å². The maximum Gasteiger partial charge on any atom is 0.123 e. The van der Waals surface area contributed by atoms with Crippen LogP contribution >= 0.6 is 0 Å².